The summed E-state index contributed by atoms with van der Waals surface area (Å²) in [5.41, 5.74) is 9.32. The summed E-state index contributed by atoms with van der Waals surface area (Å²) in [4.78, 5) is 2.65. The Morgan fingerprint density at radius 1 is 0.207 bits per heavy atom. The second kappa shape index (κ2) is 72.8. The molecule has 27 nitrogen and oxygen atoms in total. The van der Waals surface area contributed by atoms with Gasteiger partial charge in [-0.05, 0) is 11.1 Å². The second-order valence-corrected chi connectivity index (χ2v) is 16.6. The first-order valence-electron chi connectivity index (χ1n) is 28.8. The van der Waals surface area contributed by atoms with Gasteiger partial charge in [-0.1, -0.05) is 35.4 Å². The van der Waals surface area contributed by atoms with Crippen LogP contribution in [0.2, 0.25) is 0 Å². The number of hydrogen-bond donors (Lipinski definition) is 0. The zero-order chi connectivity index (χ0) is 58.1. The molecule has 0 spiro atoms. The standard InChI is InChI=1S/C55H103N3O24/c56-58-57-6-7-59-8-9-60-10-11-61-12-13-62-14-15-63-16-17-64-18-19-65-20-21-66-22-23-67-24-25-68-26-27-69-28-29-70-30-31-71-32-33-72-34-35-73-36-37-74-38-39-75-40-41-76-42-43-77-44-45-78-46-47-79-48-49-80-50-51-81-52-53-82-54-55-4-2-1-3-5-55/h1-5H,6-54H2. The quantitative estimate of drug-likeness (QED) is 0.0393. The Balaban J connectivity index is 1.58. The lowest BCUT2D eigenvalue weighted by Gasteiger charge is -2.09. The Kier molecular flexibility index (Phi) is 68.9. The molecule has 0 amide bonds. The average Bonchev–Trinajstić information content (AvgIpc) is 3.49. The van der Waals surface area contributed by atoms with Gasteiger partial charge < -0.3 is 114 Å². The molecule has 0 saturated carbocycles. The van der Waals surface area contributed by atoms with E-state index in [-0.39, 0.29) is 0 Å². The molecule has 1 aromatic rings. The van der Waals surface area contributed by atoms with Crippen LogP contribution in [0.1, 0.15) is 5.56 Å². The smallest absolute Gasteiger partial charge is 0.0718 e. The summed E-state index contributed by atoms with van der Waals surface area (Å²) in [6.45, 7) is 23.9. The summed E-state index contributed by atoms with van der Waals surface area (Å²) >= 11 is 0. The molecule has 482 valence electrons. The topological polar surface area (TPSA) is 270 Å². The Morgan fingerprint density at radius 2 is 0.354 bits per heavy atom. The third-order valence-corrected chi connectivity index (χ3v) is 10.1. The van der Waals surface area contributed by atoms with Crippen molar-refractivity contribution in [2.45, 2.75) is 6.61 Å². The summed E-state index contributed by atoms with van der Waals surface area (Å²) in [7, 11) is 0. The van der Waals surface area contributed by atoms with E-state index in [1.54, 1.807) is 0 Å². The van der Waals surface area contributed by atoms with E-state index in [1.807, 2.05) is 30.3 Å². The zero-order valence-corrected chi connectivity index (χ0v) is 49.2. The van der Waals surface area contributed by atoms with Gasteiger partial charge in [-0.25, -0.2) is 0 Å². The monoisotopic (exact) mass is 1190 g/mol. The fraction of sp³-hybridized carbons (Fsp3) is 0.891. The van der Waals surface area contributed by atoms with Crippen LogP contribution in [-0.2, 0) is 120 Å². The van der Waals surface area contributed by atoms with Crippen molar-refractivity contribution in [3.05, 3.63) is 46.3 Å². The minimum Gasteiger partial charge on any atom is -0.379 e. The third kappa shape index (κ3) is 68.4. The van der Waals surface area contributed by atoms with Crippen molar-refractivity contribution >= 4 is 0 Å². The van der Waals surface area contributed by atoms with Crippen LogP contribution < -0.4 is 0 Å². The van der Waals surface area contributed by atoms with Crippen LogP contribution in [0.25, 0.3) is 10.4 Å². The molecule has 0 bridgehead atoms. The molecule has 0 atom stereocenters. The first kappa shape index (κ1) is 77.6. The van der Waals surface area contributed by atoms with Gasteiger partial charge in [-0.15, -0.1) is 0 Å². The molecule has 27 heteroatoms. The third-order valence-electron chi connectivity index (χ3n) is 10.1. The molecule has 0 fully saturated rings. The molecule has 0 N–H and O–H groups in total. The maximum Gasteiger partial charge on any atom is 0.0718 e. The van der Waals surface area contributed by atoms with E-state index in [0.29, 0.717) is 324 Å². The summed E-state index contributed by atoms with van der Waals surface area (Å²) in [5.74, 6) is 0. The normalized spacial score (nSPS) is 11.6. The molecule has 0 unspecified atom stereocenters. The van der Waals surface area contributed by atoms with Crippen LogP contribution in [0.5, 0.6) is 0 Å². The van der Waals surface area contributed by atoms with Gasteiger partial charge in [0.2, 0.25) is 0 Å². The van der Waals surface area contributed by atoms with E-state index in [0.717, 1.165) is 5.56 Å². The van der Waals surface area contributed by atoms with Gasteiger partial charge in [-0.2, -0.15) is 0 Å². The number of ether oxygens (including phenoxy) is 24. The zero-order valence-electron chi connectivity index (χ0n) is 49.2. The summed E-state index contributed by atoms with van der Waals surface area (Å²) < 4.78 is 132. The maximum atomic E-state index is 8.17. The van der Waals surface area contributed by atoms with Crippen LogP contribution in [0.3, 0.4) is 0 Å². The predicted molar refractivity (Wildman–Crippen MR) is 299 cm³/mol. The van der Waals surface area contributed by atoms with Crippen molar-refractivity contribution in [1.82, 2.24) is 0 Å². The molecule has 0 heterocycles. The molecule has 0 aliphatic heterocycles. The van der Waals surface area contributed by atoms with Crippen molar-refractivity contribution in [2.24, 2.45) is 5.11 Å². The summed E-state index contributed by atoms with van der Waals surface area (Å²) in [5, 5.41) is 3.38. The van der Waals surface area contributed by atoms with Crippen molar-refractivity contribution in [2.75, 3.05) is 317 Å². The van der Waals surface area contributed by atoms with Gasteiger partial charge >= 0.3 is 0 Å². The van der Waals surface area contributed by atoms with Crippen molar-refractivity contribution < 1.29 is 114 Å². The highest BCUT2D eigenvalue weighted by atomic mass is 16.6. The van der Waals surface area contributed by atoms with Crippen LogP contribution in [0.4, 0.5) is 0 Å². The molecule has 0 saturated heterocycles. The second-order valence-electron chi connectivity index (χ2n) is 16.6. The summed E-state index contributed by atoms with van der Waals surface area (Å²) in [6, 6.07) is 10.1. The first-order valence-corrected chi connectivity index (χ1v) is 28.8. The number of rotatable bonds is 74. The molecule has 1 aromatic carbocycles. The molecule has 0 aromatic heterocycles. The minimum absolute atomic E-state index is 0.320. The molecule has 0 aliphatic carbocycles. The van der Waals surface area contributed by atoms with E-state index < -0.39 is 0 Å². The van der Waals surface area contributed by atoms with E-state index in [9.17, 15) is 0 Å². The van der Waals surface area contributed by atoms with Crippen molar-refractivity contribution in [1.29, 1.82) is 0 Å². The van der Waals surface area contributed by atoms with E-state index in [4.69, 9.17) is 119 Å². The first-order chi connectivity index (χ1) is 40.9. The lowest BCUT2D eigenvalue weighted by atomic mass is 10.2. The Hall–Kier alpha value is -2.43. The minimum atomic E-state index is 0.320. The van der Waals surface area contributed by atoms with Crippen LogP contribution in [0.15, 0.2) is 35.4 Å². The van der Waals surface area contributed by atoms with Gasteiger partial charge in [0.25, 0.3) is 0 Å². The Bertz CT molecular complexity index is 1370. The van der Waals surface area contributed by atoms with Crippen molar-refractivity contribution in [3.63, 3.8) is 0 Å². The summed E-state index contributed by atoms with van der Waals surface area (Å²) in [6.07, 6.45) is 0. The van der Waals surface area contributed by atoms with E-state index >= 15 is 0 Å². The molecular formula is C55H103N3O24. The van der Waals surface area contributed by atoms with Gasteiger partial charge in [0.15, 0.2) is 0 Å². The number of hydrogen-bond acceptors (Lipinski definition) is 25. The number of nitrogens with zero attached hydrogens (tertiary/aromatic N) is 3. The fourth-order valence-corrected chi connectivity index (χ4v) is 5.97. The lowest BCUT2D eigenvalue weighted by Crippen LogP contribution is -2.16. The number of azide groups is 1. The Morgan fingerprint density at radius 3 is 0.512 bits per heavy atom. The van der Waals surface area contributed by atoms with Gasteiger partial charge in [0.1, 0.15) is 0 Å². The van der Waals surface area contributed by atoms with Crippen LogP contribution in [-0.4, -0.2) is 317 Å². The lowest BCUT2D eigenvalue weighted by molar-refractivity contribution is -0.0320. The maximum absolute atomic E-state index is 8.17. The van der Waals surface area contributed by atoms with Crippen LogP contribution in [0, 0.1) is 0 Å². The van der Waals surface area contributed by atoms with Gasteiger partial charge in [0, 0.05) is 11.5 Å². The molecule has 0 radical (unpaired) electrons. The van der Waals surface area contributed by atoms with E-state index in [1.165, 1.54) is 0 Å². The van der Waals surface area contributed by atoms with Crippen molar-refractivity contribution in [3.8, 4) is 0 Å². The van der Waals surface area contributed by atoms with Crippen LogP contribution >= 0.6 is 0 Å². The highest BCUT2D eigenvalue weighted by molar-refractivity contribution is 5.13. The van der Waals surface area contributed by atoms with Gasteiger partial charge in [-0.3, -0.25) is 0 Å². The fourth-order valence-electron chi connectivity index (χ4n) is 5.97. The molecule has 0 aliphatic rings. The highest BCUT2D eigenvalue weighted by Gasteiger charge is 2.01. The Labute approximate surface area is 487 Å². The number of benzene rings is 1. The SMILES string of the molecule is [N-]=[N+]=NCCOCCOCCOCCOCCOCCOCCOCCOCCOCCOCCOCCOCCOCCOCCOCCOCCOCCOCCOCCOCCOCCOCCOCCOCc1ccccc1. The highest BCUT2D eigenvalue weighted by Crippen LogP contribution is 2.00. The molecule has 1 rings (SSSR count). The molecular weight excluding hydrogens is 1090 g/mol. The van der Waals surface area contributed by atoms with Gasteiger partial charge in [0.05, 0.1) is 317 Å². The average molecular weight is 1190 g/mol. The predicted octanol–water partition coefficient (Wildman–Crippen LogP) is 2.90. The van der Waals surface area contributed by atoms with E-state index in [2.05, 4.69) is 10.0 Å². The molecule has 82 heavy (non-hydrogen) atoms. The largest absolute Gasteiger partial charge is 0.379 e.